The quantitative estimate of drug-likeness (QED) is 0.753. The molecule has 0 aliphatic carbocycles. The molecule has 0 aliphatic rings. The van der Waals surface area contributed by atoms with Gasteiger partial charge in [-0.3, -0.25) is 0 Å². The van der Waals surface area contributed by atoms with E-state index in [9.17, 15) is 4.79 Å². The molecule has 3 heteroatoms. The van der Waals surface area contributed by atoms with E-state index in [4.69, 9.17) is 4.74 Å². The van der Waals surface area contributed by atoms with Crippen molar-refractivity contribution in [1.29, 1.82) is 0 Å². The van der Waals surface area contributed by atoms with Crippen LogP contribution in [0.4, 0.5) is 0 Å². The first-order chi connectivity index (χ1) is 8.36. The Hall–Kier alpha value is -2.16. The SMILES string of the molecule is O=C(OCCc1ccccc1)c1ccccn1. The number of carbonyl (C=O) groups excluding carboxylic acids is 1. The summed E-state index contributed by atoms with van der Waals surface area (Å²) in [5, 5.41) is 0. The molecular weight excluding hydrogens is 214 g/mol. The first-order valence-corrected chi connectivity index (χ1v) is 5.48. The number of ether oxygens (including phenoxy) is 1. The average Bonchev–Trinajstić information content (AvgIpc) is 2.41. The molecule has 2 rings (SSSR count). The highest BCUT2D eigenvalue weighted by Crippen LogP contribution is 2.01. The van der Waals surface area contributed by atoms with Crippen molar-refractivity contribution >= 4 is 5.97 Å². The molecule has 0 atom stereocenters. The first-order valence-electron chi connectivity index (χ1n) is 5.48. The Morgan fingerprint density at radius 2 is 1.82 bits per heavy atom. The van der Waals surface area contributed by atoms with Crippen molar-refractivity contribution in [3.63, 3.8) is 0 Å². The van der Waals surface area contributed by atoms with Crippen LogP contribution in [-0.4, -0.2) is 17.6 Å². The Labute approximate surface area is 100 Å². The molecule has 0 spiro atoms. The molecule has 1 aromatic heterocycles. The third-order valence-corrected chi connectivity index (χ3v) is 2.34. The van der Waals surface area contributed by atoms with Gasteiger partial charge in [-0.2, -0.15) is 0 Å². The standard InChI is InChI=1S/C14H13NO2/c16-14(13-8-4-5-10-15-13)17-11-9-12-6-2-1-3-7-12/h1-8,10H,9,11H2. The summed E-state index contributed by atoms with van der Waals surface area (Å²) in [6, 6.07) is 15.1. The molecule has 0 radical (unpaired) electrons. The summed E-state index contributed by atoms with van der Waals surface area (Å²) in [6.45, 7) is 0.374. The number of pyridine rings is 1. The molecule has 0 saturated carbocycles. The summed E-state index contributed by atoms with van der Waals surface area (Å²) in [5.41, 5.74) is 1.50. The van der Waals surface area contributed by atoms with Gasteiger partial charge in [0.15, 0.2) is 0 Å². The highest BCUT2D eigenvalue weighted by atomic mass is 16.5. The van der Waals surface area contributed by atoms with Gasteiger partial charge in [0.2, 0.25) is 0 Å². The number of aromatic nitrogens is 1. The zero-order valence-corrected chi connectivity index (χ0v) is 9.37. The lowest BCUT2D eigenvalue weighted by molar-refractivity contribution is 0.0502. The molecule has 0 amide bonds. The van der Waals surface area contributed by atoms with Crippen molar-refractivity contribution < 1.29 is 9.53 Å². The zero-order chi connectivity index (χ0) is 11.9. The normalized spacial score (nSPS) is 9.88. The fraction of sp³-hybridized carbons (Fsp3) is 0.143. The fourth-order valence-electron chi connectivity index (χ4n) is 1.46. The Morgan fingerprint density at radius 1 is 1.06 bits per heavy atom. The number of carbonyl (C=O) groups is 1. The van der Waals surface area contributed by atoms with E-state index in [1.807, 2.05) is 30.3 Å². The molecule has 17 heavy (non-hydrogen) atoms. The van der Waals surface area contributed by atoms with E-state index in [1.54, 1.807) is 24.4 Å². The largest absolute Gasteiger partial charge is 0.461 e. The van der Waals surface area contributed by atoms with E-state index >= 15 is 0 Å². The van der Waals surface area contributed by atoms with E-state index in [0.29, 0.717) is 12.3 Å². The minimum atomic E-state index is -0.374. The molecule has 0 aliphatic heterocycles. The number of benzene rings is 1. The number of esters is 1. The Bertz CT molecular complexity index is 468. The van der Waals surface area contributed by atoms with Crippen LogP contribution in [0.2, 0.25) is 0 Å². The third-order valence-electron chi connectivity index (χ3n) is 2.34. The topological polar surface area (TPSA) is 39.2 Å². The van der Waals surface area contributed by atoms with Crippen LogP contribution in [0.15, 0.2) is 54.7 Å². The van der Waals surface area contributed by atoms with E-state index < -0.39 is 0 Å². The van der Waals surface area contributed by atoms with Gasteiger partial charge in [0.05, 0.1) is 6.61 Å². The molecule has 0 bridgehead atoms. The van der Waals surface area contributed by atoms with E-state index in [1.165, 1.54) is 0 Å². The van der Waals surface area contributed by atoms with Gasteiger partial charge < -0.3 is 4.74 Å². The summed E-state index contributed by atoms with van der Waals surface area (Å²) in [4.78, 5) is 15.5. The van der Waals surface area contributed by atoms with Crippen molar-refractivity contribution in [3.05, 3.63) is 66.0 Å². The van der Waals surface area contributed by atoms with Gasteiger partial charge in [0.1, 0.15) is 5.69 Å². The van der Waals surface area contributed by atoms with Crippen LogP contribution >= 0.6 is 0 Å². The second kappa shape index (κ2) is 5.80. The van der Waals surface area contributed by atoms with Crippen molar-refractivity contribution in [2.75, 3.05) is 6.61 Å². The van der Waals surface area contributed by atoms with Crippen LogP contribution in [0.3, 0.4) is 0 Å². The lowest BCUT2D eigenvalue weighted by Crippen LogP contribution is -2.09. The molecule has 2 aromatic rings. The summed E-state index contributed by atoms with van der Waals surface area (Å²) < 4.78 is 5.13. The summed E-state index contributed by atoms with van der Waals surface area (Å²) in [7, 11) is 0. The van der Waals surface area contributed by atoms with E-state index in [2.05, 4.69) is 4.98 Å². The van der Waals surface area contributed by atoms with Gasteiger partial charge in [0, 0.05) is 12.6 Å². The van der Waals surface area contributed by atoms with E-state index in [-0.39, 0.29) is 5.97 Å². The number of hydrogen-bond donors (Lipinski definition) is 0. The van der Waals surface area contributed by atoms with Crippen LogP contribution < -0.4 is 0 Å². The van der Waals surface area contributed by atoms with Crippen LogP contribution in [0.5, 0.6) is 0 Å². The van der Waals surface area contributed by atoms with Gasteiger partial charge >= 0.3 is 5.97 Å². The van der Waals surface area contributed by atoms with Crippen molar-refractivity contribution in [2.24, 2.45) is 0 Å². The second-order valence-corrected chi connectivity index (χ2v) is 3.59. The maximum Gasteiger partial charge on any atom is 0.356 e. The molecule has 1 heterocycles. The highest BCUT2D eigenvalue weighted by Gasteiger charge is 2.06. The molecule has 0 fully saturated rings. The first kappa shape index (κ1) is 11.3. The van der Waals surface area contributed by atoms with E-state index in [0.717, 1.165) is 12.0 Å². The Kier molecular flexibility index (Phi) is 3.86. The average molecular weight is 227 g/mol. The minimum Gasteiger partial charge on any atom is -0.461 e. The van der Waals surface area contributed by atoms with Gasteiger partial charge in [0.25, 0.3) is 0 Å². The third kappa shape index (κ3) is 3.41. The second-order valence-electron chi connectivity index (χ2n) is 3.59. The van der Waals surface area contributed by atoms with Gasteiger partial charge in [-0.25, -0.2) is 9.78 Å². The predicted octanol–water partition coefficient (Wildman–Crippen LogP) is 2.48. The maximum atomic E-state index is 11.6. The van der Waals surface area contributed by atoms with Gasteiger partial charge in [-0.15, -0.1) is 0 Å². The Balaban J connectivity index is 1.82. The fourth-order valence-corrected chi connectivity index (χ4v) is 1.46. The predicted molar refractivity (Wildman–Crippen MR) is 64.7 cm³/mol. The van der Waals surface area contributed by atoms with Crippen molar-refractivity contribution in [2.45, 2.75) is 6.42 Å². The monoisotopic (exact) mass is 227 g/mol. The summed E-state index contributed by atoms with van der Waals surface area (Å²) in [5.74, 6) is -0.374. The lowest BCUT2D eigenvalue weighted by Gasteiger charge is -2.04. The van der Waals surface area contributed by atoms with Crippen LogP contribution in [0.25, 0.3) is 0 Å². The molecular formula is C14H13NO2. The van der Waals surface area contributed by atoms with Gasteiger partial charge in [-0.1, -0.05) is 36.4 Å². The highest BCUT2D eigenvalue weighted by molar-refractivity contribution is 5.87. The maximum absolute atomic E-state index is 11.6. The van der Waals surface area contributed by atoms with Crippen molar-refractivity contribution in [1.82, 2.24) is 4.98 Å². The lowest BCUT2D eigenvalue weighted by atomic mass is 10.2. The minimum absolute atomic E-state index is 0.348. The van der Waals surface area contributed by atoms with Crippen LogP contribution in [0.1, 0.15) is 16.1 Å². The smallest absolute Gasteiger partial charge is 0.356 e. The summed E-state index contributed by atoms with van der Waals surface area (Å²) in [6.07, 6.45) is 2.30. The van der Waals surface area contributed by atoms with Crippen LogP contribution in [0, 0.1) is 0 Å². The number of hydrogen-bond acceptors (Lipinski definition) is 3. The zero-order valence-electron chi connectivity index (χ0n) is 9.37. The van der Waals surface area contributed by atoms with Gasteiger partial charge in [-0.05, 0) is 17.7 Å². The molecule has 86 valence electrons. The number of nitrogens with zero attached hydrogens (tertiary/aromatic N) is 1. The molecule has 3 nitrogen and oxygen atoms in total. The van der Waals surface area contributed by atoms with Crippen molar-refractivity contribution in [3.8, 4) is 0 Å². The molecule has 0 N–H and O–H groups in total. The number of rotatable bonds is 4. The summed E-state index contributed by atoms with van der Waals surface area (Å²) >= 11 is 0. The molecule has 0 saturated heterocycles. The Morgan fingerprint density at radius 3 is 2.53 bits per heavy atom. The molecule has 0 unspecified atom stereocenters. The van der Waals surface area contributed by atoms with Crippen LogP contribution in [-0.2, 0) is 11.2 Å². The molecule has 1 aromatic carbocycles.